The van der Waals surface area contributed by atoms with Crippen molar-refractivity contribution in [3.8, 4) is 0 Å². The molecule has 0 aliphatic carbocycles. The van der Waals surface area contributed by atoms with Gasteiger partial charge in [0.25, 0.3) is 0 Å². The molecule has 1 heterocycles. The average Bonchev–Trinajstić information content (AvgIpc) is 2.43. The van der Waals surface area contributed by atoms with Crippen molar-refractivity contribution in [3.05, 3.63) is 35.4 Å². The summed E-state index contributed by atoms with van der Waals surface area (Å²) >= 11 is 0. The predicted molar refractivity (Wildman–Crippen MR) is 81.3 cm³/mol. The molecular formula is C17H25NO2. The summed E-state index contributed by atoms with van der Waals surface area (Å²) in [5.41, 5.74) is 2.08. The predicted octanol–water partition coefficient (Wildman–Crippen LogP) is 3.10. The lowest BCUT2D eigenvalue weighted by Gasteiger charge is -2.36. The van der Waals surface area contributed by atoms with Crippen LogP contribution in [-0.4, -0.2) is 42.5 Å². The zero-order valence-electron chi connectivity index (χ0n) is 12.9. The van der Waals surface area contributed by atoms with Gasteiger partial charge in [-0.2, -0.15) is 0 Å². The van der Waals surface area contributed by atoms with Crippen molar-refractivity contribution in [1.29, 1.82) is 0 Å². The van der Waals surface area contributed by atoms with E-state index in [1.165, 1.54) is 5.56 Å². The van der Waals surface area contributed by atoms with E-state index in [0.717, 1.165) is 12.1 Å². The molecule has 2 unspecified atom stereocenters. The summed E-state index contributed by atoms with van der Waals surface area (Å²) < 4.78 is 5.60. The van der Waals surface area contributed by atoms with Crippen molar-refractivity contribution >= 4 is 5.78 Å². The number of hydrogen-bond acceptors (Lipinski definition) is 3. The van der Waals surface area contributed by atoms with E-state index in [2.05, 4.69) is 44.7 Å². The van der Waals surface area contributed by atoms with Crippen molar-refractivity contribution in [2.45, 2.75) is 45.8 Å². The van der Waals surface area contributed by atoms with Gasteiger partial charge in [0.1, 0.15) is 0 Å². The van der Waals surface area contributed by atoms with Gasteiger partial charge in [-0.3, -0.25) is 9.69 Å². The number of nitrogens with zero attached hydrogens (tertiary/aromatic N) is 1. The summed E-state index contributed by atoms with van der Waals surface area (Å²) in [5.74, 6) is 0.695. The smallest absolute Gasteiger partial charge is 0.176 e. The lowest BCUT2D eigenvalue weighted by atomic mass is 10.00. The molecule has 0 bridgehead atoms. The van der Waals surface area contributed by atoms with E-state index in [0.29, 0.717) is 25.1 Å². The third kappa shape index (κ3) is 3.68. The Morgan fingerprint density at radius 1 is 1.30 bits per heavy atom. The second kappa shape index (κ2) is 6.51. The standard InChI is InChI=1S/C17H25NO2/c1-12(2)15-5-7-16(8-6-15)17(19)10-18-9-14(4)20-11-13(18)3/h5-8,12-14H,9-11H2,1-4H3. The fourth-order valence-electron chi connectivity index (χ4n) is 2.52. The quantitative estimate of drug-likeness (QED) is 0.791. The first kappa shape index (κ1) is 15.2. The monoisotopic (exact) mass is 275 g/mol. The molecule has 1 saturated heterocycles. The van der Waals surface area contributed by atoms with Gasteiger partial charge in [-0.1, -0.05) is 38.1 Å². The van der Waals surface area contributed by atoms with Gasteiger partial charge in [-0.05, 0) is 25.3 Å². The van der Waals surface area contributed by atoms with Gasteiger partial charge >= 0.3 is 0 Å². The van der Waals surface area contributed by atoms with E-state index >= 15 is 0 Å². The van der Waals surface area contributed by atoms with Gasteiger partial charge in [-0.15, -0.1) is 0 Å². The second-order valence-corrected chi connectivity index (χ2v) is 6.12. The molecule has 1 aliphatic heterocycles. The molecule has 2 rings (SSSR count). The van der Waals surface area contributed by atoms with Crippen LogP contribution >= 0.6 is 0 Å². The van der Waals surface area contributed by atoms with Gasteiger partial charge in [-0.25, -0.2) is 0 Å². The molecule has 0 amide bonds. The van der Waals surface area contributed by atoms with Crippen molar-refractivity contribution in [3.63, 3.8) is 0 Å². The van der Waals surface area contributed by atoms with Gasteiger partial charge < -0.3 is 4.74 Å². The number of hydrogen-bond donors (Lipinski definition) is 0. The molecule has 20 heavy (non-hydrogen) atoms. The molecule has 0 aromatic heterocycles. The van der Waals surface area contributed by atoms with E-state index < -0.39 is 0 Å². The molecular weight excluding hydrogens is 250 g/mol. The maximum atomic E-state index is 12.4. The molecule has 1 aliphatic rings. The summed E-state index contributed by atoms with van der Waals surface area (Å²) in [7, 11) is 0. The van der Waals surface area contributed by atoms with Crippen molar-refractivity contribution in [1.82, 2.24) is 4.90 Å². The first-order valence-electron chi connectivity index (χ1n) is 7.46. The molecule has 0 saturated carbocycles. The fraction of sp³-hybridized carbons (Fsp3) is 0.588. The van der Waals surface area contributed by atoms with Crippen LogP contribution in [0.25, 0.3) is 0 Å². The van der Waals surface area contributed by atoms with E-state index in [1.54, 1.807) is 0 Å². The lowest BCUT2D eigenvalue weighted by Crippen LogP contribution is -2.49. The number of Topliss-reactive ketones (excluding diaryl/α,β-unsaturated/α-hetero) is 1. The molecule has 110 valence electrons. The van der Waals surface area contributed by atoms with Crippen LogP contribution in [0.4, 0.5) is 0 Å². The Bertz CT molecular complexity index is 453. The average molecular weight is 275 g/mol. The van der Waals surface area contributed by atoms with Crippen LogP contribution < -0.4 is 0 Å². The second-order valence-electron chi connectivity index (χ2n) is 6.12. The number of morpholine rings is 1. The highest BCUT2D eigenvalue weighted by atomic mass is 16.5. The van der Waals surface area contributed by atoms with Gasteiger partial charge in [0, 0.05) is 18.2 Å². The highest BCUT2D eigenvalue weighted by Crippen LogP contribution is 2.16. The van der Waals surface area contributed by atoms with Crippen LogP contribution in [0.5, 0.6) is 0 Å². The number of carbonyl (C=O) groups excluding carboxylic acids is 1. The Balaban J connectivity index is 2.00. The van der Waals surface area contributed by atoms with Crippen LogP contribution in [0.15, 0.2) is 24.3 Å². The third-order valence-corrected chi connectivity index (χ3v) is 3.98. The first-order valence-corrected chi connectivity index (χ1v) is 7.46. The zero-order valence-corrected chi connectivity index (χ0v) is 12.9. The summed E-state index contributed by atoms with van der Waals surface area (Å²) in [6.45, 7) is 10.5. The van der Waals surface area contributed by atoms with Crippen LogP contribution in [0, 0.1) is 0 Å². The third-order valence-electron chi connectivity index (χ3n) is 3.98. The maximum absolute atomic E-state index is 12.4. The number of rotatable bonds is 4. The molecule has 2 atom stereocenters. The molecule has 0 radical (unpaired) electrons. The SMILES string of the molecule is CC1CN(CC(=O)c2ccc(C(C)C)cc2)C(C)CO1. The van der Waals surface area contributed by atoms with E-state index in [9.17, 15) is 4.79 Å². The van der Waals surface area contributed by atoms with Crippen LogP contribution in [0.1, 0.15) is 49.5 Å². The molecule has 1 fully saturated rings. The van der Waals surface area contributed by atoms with Crippen molar-refractivity contribution in [2.24, 2.45) is 0 Å². The Morgan fingerprint density at radius 2 is 1.95 bits per heavy atom. The first-order chi connectivity index (χ1) is 9.47. The zero-order chi connectivity index (χ0) is 14.7. The Morgan fingerprint density at radius 3 is 2.55 bits per heavy atom. The van der Waals surface area contributed by atoms with E-state index in [1.807, 2.05) is 12.1 Å². The fourth-order valence-corrected chi connectivity index (χ4v) is 2.52. The maximum Gasteiger partial charge on any atom is 0.176 e. The van der Waals surface area contributed by atoms with Gasteiger partial charge in [0.15, 0.2) is 5.78 Å². The number of ketones is 1. The highest BCUT2D eigenvalue weighted by Gasteiger charge is 2.25. The summed E-state index contributed by atoms with van der Waals surface area (Å²) in [4.78, 5) is 14.6. The van der Waals surface area contributed by atoms with E-state index in [4.69, 9.17) is 4.74 Å². The van der Waals surface area contributed by atoms with Gasteiger partial charge in [0.2, 0.25) is 0 Å². The molecule has 1 aromatic rings. The molecule has 0 N–H and O–H groups in total. The molecule has 1 aromatic carbocycles. The summed E-state index contributed by atoms with van der Waals surface area (Å²) in [6, 6.07) is 8.33. The van der Waals surface area contributed by atoms with E-state index in [-0.39, 0.29) is 11.9 Å². The molecule has 3 heteroatoms. The lowest BCUT2D eigenvalue weighted by molar-refractivity contribution is -0.0460. The van der Waals surface area contributed by atoms with Gasteiger partial charge in [0.05, 0.1) is 19.3 Å². The number of ether oxygens (including phenoxy) is 1. The number of benzene rings is 1. The minimum atomic E-state index is 0.196. The van der Waals surface area contributed by atoms with Crippen molar-refractivity contribution in [2.75, 3.05) is 19.7 Å². The normalized spacial score (nSPS) is 24.1. The molecule has 3 nitrogen and oxygen atoms in total. The van der Waals surface area contributed by atoms with Crippen molar-refractivity contribution < 1.29 is 9.53 Å². The summed E-state index contributed by atoms with van der Waals surface area (Å²) in [5, 5.41) is 0. The minimum absolute atomic E-state index is 0.196. The number of carbonyl (C=O) groups is 1. The Hall–Kier alpha value is -1.19. The Kier molecular flexibility index (Phi) is 4.95. The Labute approximate surface area is 121 Å². The highest BCUT2D eigenvalue weighted by molar-refractivity contribution is 5.97. The molecule has 0 spiro atoms. The van der Waals surface area contributed by atoms with Crippen LogP contribution in [0.3, 0.4) is 0 Å². The van der Waals surface area contributed by atoms with Crippen LogP contribution in [-0.2, 0) is 4.74 Å². The topological polar surface area (TPSA) is 29.5 Å². The van der Waals surface area contributed by atoms with Crippen LogP contribution in [0.2, 0.25) is 0 Å². The largest absolute Gasteiger partial charge is 0.376 e. The summed E-state index contributed by atoms with van der Waals surface area (Å²) in [6.07, 6.45) is 0.210. The minimum Gasteiger partial charge on any atom is -0.376 e.